The van der Waals surface area contributed by atoms with E-state index >= 15 is 0 Å². The molecule has 0 aliphatic carbocycles. The molecule has 0 saturated carbocycles. The summed E-state index contributed by atoms with van der Waals surface area (Å²) in [7, 11) is 0. The lowest BCUT2D eigenvalue weighted by Crippen LogP contribution is -2.26. The number of nitrogens with two attached hydrogens (primary N) is 1. The molecule has 0 spiro atoms. The number of benzene rings is 1. The van der Waals surface area contributed by atoms with Crippen molar-refractivity contribution in [1.29, 1.82) is 0 Å². The monoisotopic (exact) mass is 227 g/mol. The van der Waals surface area contributed by atoms with Crippen LogP contribution in [0.25, 0.3) is 10.9 Å². The van der Waals surface area contributed by atoms with Gasteiger partial charge < -0.3 is 10.6 Å². The molecule has 3 nitrogen and oxygen atoms in total. The van der Waals surface area contributed by atoms with Crippen LogP contribution < -0.4 is 10.6 Å². The first-order chi connectivity index (χ1) is 8.25. The van der Waals surface area contributed by atoms with Gasteiger partial charge >= 0.3 is 0 Å². The van der Waals surface area contributed by atoms with Gasteiger partial charge in [0.15, 0.2) is 0 Å². The average molecular weight is 227 g/mol. The smallest absolute Gasteiger partial charge is 0.0743 e. The Morgan fingerprint density at radius 1 is 1.35 bits per heavy atom. The first-order valence-electron chi connectivity index (χ1n) is 6.16. The van der Waals surface area contributed by atoms with E-state index in [1.807, 2.05) is 18.3 Å². The molecule has 0 bridgehead atoms. The van der Waals surface area contributed by atoms with Gasteiger partial charge in [-0.2, -0.15) is 0 Å². The van der Waals surface area contributed by atoms with Crippen LogP contribution in [0.1, 0.15) is 19.8 Å². The summed E-state index contributed by atoms with van der Waals surface area (Å²) in [6.07, 6.45) is 4.43. The van der Waals surface area contributed by atoms with E-state index in [1.165, 1.54) is 23.9 Å². The van der Waals surface area contributed by atoms with Crippen LogP contribution in [-0.2, 0) is 0 Å². The molecular formula is C14H17N3. The summed E-state index contributed by atoms with van der Waals surface area (Å²) in [5.41, 5.74) is 8.86. The zero-order chi connectivity index (χ0) is 11.8. The molecular weight excluding hydrogens is 210 g/mol. The van der Waals surface area contributed by atoms with E-state index in [0.29, 0.717) is 6.04 Å². The minimum atomic E-state index is 0.623. The second kappa shape index (κ2) is 3.91. The lowest BCUT2D eigenvalue weighted by Gasteiger charge is -2.25. The van der Waals surface area contributed by atoms with Crippen LogP contribution in [0.3, 0.4) is 0 Å². The molecule has 88 valence electrons. The van der Waals surface area contributed by atoms with Gasteiger partial charge in [-0.15, -0.1) is 0 Å². The second-order valence-electron chi connectivity index (χ2n) is 4.79. The standard InChI is InChI=1S/C14H17N3/c1-10-3-2-8-17(10)14-6-7-16-13-9-11(15)4-5-12(13)14/h4-7,9-10H,2-3,8,15H2,1H3. The third-order valence-corrected chi connectivity index (χ3v) is 3.61. The van der Waals surface area contributed by atoms with Crippen LogP contribution >= 0.6 is 0 Å². The SMILES string of the molecule is CC1CCCN1c1ccnc2cc(N)ccc12. The van der Waals surface area contributed by atoms with Crippen molar-refractivity contribution >= 4 is 22.3 Å². The van der Waals surface area contributed by atoms with Crippen LogP contribution in [0.15, 0.2) is 30.5 Å². The molecule has 1 fully saturated rings. The maximum atomic E-state index is 5.80. The first kappa shape index (κ1) is 10.4. The maximum absolute atomic E-state index is 5.80. The van der Waals surface area contributed by atoms with Crippen LogP contribution in [0.5, 0.6) is 0 Å². The molecule has 1 atom stereocenters. The Kier molecular flexibility index (Phi) is 2.39. The molecule has 3 heteroatoms. The topological polar surface area (TPSA) is 42.2 Å². The number of anilines is 2. The van der Waals surface area contributed by atoms with Crippen molar-refractivity contribution in [2.75, 3.05) is 17.2 Å². The normalized spacial score (nSPS) is 20.1. The number of hydrogen-bond donors (Lipinski definition) is 1. The summed E-state index contributed by atoms with van der Waals surface area (Å²) in [5, 5.41) is 1.20. The predicted octanol–water partition coefficient (Wildman–Crippen LogP) is 2.81. The van der Waals surface area contributed by atoms with Crippen molar-refractivity contribution in [3.63, 3.8) is 0 Å². The quantitative estimate of drug-likeness (QED) is 0.762. The van der Waals surface area contributed by atoms with Crippen molar-refractivity contribution in [3.05, 3.63) is 30.5 Å². The molecule has 3 rings (SSSR count). The third kappa shape index (κ3) is 1.71. The Balaban J connectivity index is 2.16. The van der Waals surface area contributed by atoms with Gasteiger partial charge in [-0.05, 0) is 44.0 Å². The molecule has 1 aliphatic rings. The number of nitrogen functional groups attached to an aromatic ring is 1. The zero-order valence-electron chi connectivity index (χ0n) is 10.1. The van der Waals surface area contributed by atoms with Gasteiger partial charge in [0.2, 0.25) is 0 Å². The fraction of sp³-hybridized carbons (Fsp3) is 0.357. The van der Waals surface area contributed by atoms with E-state index in [1.54, 1.807) is 0 Å². The van der Waals surface area contributed by atoms with Crippen molar-refractivity contribution < 1.29 is 0 Å². The minimum absolute atomic E-state index is 0.623. The van der Waals surface area contributed by atoms with Crippen molar-refractivity contribution in [2.45, 2.75) is 25.8 Å². The Morgan fingerprint density at radius 3 is 3.00 bits per heavy atom. The molecule has 2 heterocycles. The van der Waals surface area contributed by atoms with Crippen LogP contribution in [0.2, 0.25) is 0 Å². The largest absolute Gasteiger partial charge is 0.399 e. The van der Waals surface area contributed by atoms with E-state index in [4.69, 9.17) is 5.73 Å². The van der Waals surface area contributed by atoms with E-state index in [9.17, 15) is 0 Å². The van der Waals surface area contributed by atoms with E-state index in [0.717, 1.165) is 17.7 Å². The van der Waals surface area contributed by atoms with Crippen LogP contribution in [-0.4, -0.2) is 17.6 Å². The summed E-state index contributed by atoms with van der Waals surface area (Å²) in [4.78, 5) is 6.86. The number of nitrogens with zero attached hydrogens (tertiary/aromatic N) is 2. The Hall–Kier alpha value is -1.77. The lowest BCUT2D eigenvalue weighted by molar-refractivity contribution is 0.736. The van der Waals surface area contributed by atoms with Crippen molar-refractivity contribution in [3.8, 4) is 0 Å². The molecule has 1 aromatic heterocycles. The van der Waals surface area contributed by atoms with Crippen LogP contribution in [0, 0.1) is 0 Å². The number of rotatable bonds is 1. The highest BCUT2D eigenvalue weighted by molar-refractivity contribution is 5.93. The highest BCUT2D eigenvalue weighted by Gasteiger charge is 2.21. The first-order valence-corrected chi connectivity index (χ1v) is 6.16. The highest BCUT2D eigenvalue weighted by atomic mass is 15.2. The summed E-state index contributed by atoms with van der Waals surface area (Å²) in [6, 6.07) is 8.71. The van der Waals surface area contributed by atoms with Gasteiger partial charge in [0, 0.05) is 35.5 Å². The lowest BCUT2D eigenvalue weighted by atomic mass is 10.1. The molecule has 1 saturated heterocycles. The van der Waals surface area contributed by atoms with Gasteiger partial charge in [0.05, 0.1) is 5.52 Å². The molecule has 1 aliphatic heterocycles. The average Bonchev–Trinajstić information content (AvgIpc) is 2.74. The fourth-order valence-electron chi connectivity index (χ4n) is 2.69. The highest BCUT2D eigenvalue weighted by Crippen LogP contribution is 2.31. The van der Waals surface area contributed by atoms with Crippen LogP contribution in [0.4, 0.5) is 11.4 Å². The number of hydrogen-bond acceptors (Lipinski definition) is 3. The number of aromatic nitrogens is 1. The molecule has 1 aromatic carbocycles. The summed E-state index contributed by atoms with van der Waals surface area (Å²) in [6.45, 7) is 3.43. The van der Waals surface area contributed by atoms with Crippen molar-refractivity contribution in [2.24, 2.45) is 0 Å². The maximum Gasteiger partial charge on any atom is 0.0743 e. The Labute approximate surface area is 101 Å². The molecule has 2 aromatic rings. The molecule has 0 radical (unpaired) electrons. The second-order valence-corrected chi connectivity index (χ2v) is 4.79. The van der Waals surface area contributed by atoms with Gasteiger partial charge in [-0.25, -0.2) is 0 Å². The third-order valence-electron chi connectivity index (χ3n) is 3.61. The van der Waals surface area contributed by atoms with E-state index in [2.05, 4.69) is 28.9 Å². The van der Waals surface area contributed by atoms with Crippen molar-refractivity contribution in [1.82, 2.24) is 4.98 Å². The van der Waals surface area contributed by atoms with Gasteiger partial charge in [0.1, 0.15) is 0 Å². The number of fused-ring (bicyclic) bond motifs is 1. The molecule has 1 unspecified atom stereocenters. The Bertz CT molecular complexity index is 550. The van der Waals surface area contributed by atoms with E-state index < -0.39 is 0 Å². The zero-order valence-corrected chi connectivity index (χ0v) is 10.1. The van der Waals surface area contributed by atoms with E-state index in [-0.39, 0.29) is 0 Å². The molecule has 17 heavy (non-hydrogen) atoms. The number of pyridine rings is 1. The summed E-state index contributed by atoms with van der Waals surface area (Å²) >= 11 is 0. The van der Waals surface area contributed by atoms with Gasteiger partial charge in [-0.1, -0.05) is 0 Å². The minimum Gasteiger partial charge on any atom is -0.399 e. The summed E-state index contributed by atoms with van der Waals surface area (Å²) < 4.78 is 0. The molecule has 0 amide bonds. The van der Waals surface area contributed by atoms with Gasteiger partial charge in [0.25, 0.3) is 0 Å². The predicted molar refractivity (Wildman–Crippen MR) is 72.2 cm³/mol. The summed E-state index contributed by atoms with van der Waals surface area (Å²) in [5.74, 6) is 0. The molecule has 2 N–H and O–H groups in total. The van der Waals surface area contributed by atoms with Gasteiger partial charge in [-0.3, -0.25) is 4.98 Å². The fourth-order valence-corrected chi connectivity index (χ4v) is 2.69. The Morgan fingerprint density at radius 2 is 2.24 bits per heavy atom.